The van der Waals surface area contributed by atoms with E-state index in [1.165, 1.54) is 0 Å². The molecule has 1 amide bonds. The number of methoxy groups -OCH3 is 1. The van der Waals surface area contributed by atoms with Crippen LogP contribution in [0.4, 0.5) is 0 Å². The zero-order chi connectivity index (χ0) is 13.7. The molecule has 1 aromatic rings. The summed E-state index contributed by atoms with van der Waals surface area (Å²) in [6, 6.07) is 7.29. The van der Waals surface area contributed by atoms with Gasteiger partial charge >= 0.3 is 0 Å². The second kappa shape index (κ2) is 6.54. The van der Waals surface area contributed by atoms with Gasteiger partial charge in [0.05, 0.1) is 6.61 Å². The summed E-state index contributed by atoms with van der Waals surface area (Å²) in [6.07, 6.45) is 0.879. The maximum absolute atomic E-state index is 12.2. The minimum atomic E-state index is 0.0383. The summed E-state index contributed by atoms with van der Waals surface area (Å²) in [4.78, 5) is 14.0. The molecule has 1 heterocycles. The number of ether oxygens (including phenoxy) is 2. The Balaban J connectivity index is 1.92. The minimum Gasteiger partial charge on any atom is -0.491 e. The average Bonchev–Trinajstić information content (AvgIpc) is 2.86. The van der Waals surface area contributed by atoms with E-state index in [4.69, 9.17) is 15.2 Å². The summed E-state index contributed by atoms with van der Waals surface area (Å²) in [6.45, 7) is 2.44. The van der Waals surface area contributed by atoms with Crippen molar-refractivity contribution in [3.05, 3.63) is 29.8 Å². The van der Waals surface area contributed by atoms with E-state index in [9.17, 15) is 4.79 Å². The van der Waals surface area contributed by atoms with Gasteiger partial charge in [0, 0.05) is 31.8 Å². The number of nitrogens with zero attached hydrogens (tertiary/aromatic N) is 1. The van der Waals surface area contributed by atoms with Gasteiger partial charge in [-0.2, -0.15) is 0 Å². The summed E-state index contributed by atoms with van der Waals surface area (Å²) in [5, 5.41) is 0. The van der Waals surface area contributed by atoms with Crippen molar-refractivity contribution in [3.8, 4) is 5.75 Å². The van der Waals surface area contributed by atoms with Crippen molar-refractivity contribution in [3.63, 3.8) is 0 Å². The Bertz CT molecular complexity index is 419. The van der Waals surface area contributed by atoms with Gasteiger partial charge in [-0.05, 0) is 30.7 Å². The molecule has 2 rings (SSSR count). The van der Waals surface area contributed by atoms with Crippen LogP contribution in [-0.2, 0) is 4.74 Å². The first kappa shape index (κ1) is 13.8. The average molecular weight is 264 g/mol. The molecule has 1 aromatic carbocycles. The van der Waals surface area contributed by atoms with Crippen LogP contribution in [0.1, 0.15) is 16.8 Å². The van der Waals surface area contributed by atoms with Gasteiger partial charge in [-0.25, -0.2) is 0 Å². The van der Waals surface area contributed by atoms with Crippen molar-refractivity contribution in [2.24, 2.45) is 5.73 Å². The molecule has 0 radical (unpaired) electrons. The Morgan fingerprint density at radius 3 is 2.68 bits per heavy atom. The fraction of sp³-hybridized carbons (Fsp3) is 0.500. The molecule has 1 aliphatic rings. The van der Waals surface area contributed by atoms with E-state index in [2.05, 4.69) is 0 Å². The van der Waals surface area contributed by atoms with Gasteiger partial charge in [-0.15, -0.1) is 0 Å². The van der Waals surface area contributed by atoms with E-state index in [1.807, 2.05) is 0 Å². The lowest BCUT2D eigenvalue weighted by molar-refractivity contribution is 0.0791. The topological polar surface area (TPSA) is 64.8 Å². The lowest BCUT2D eigenvalue weighted by atomic mass is 10.2. The Hall–Kier alpha value is -1.59. The third-order valence-corrected chi connectivity index (χ3v) is 3.17. The molecule has 19 heavy (non-hydrogen) atoms. The molecule has 1 atom stereocenters. The zero-order valence-electron chi connectivity index (χ0n) is 11.2. The summed E-state index contributed by atoms with van der Waals surface area (Å²) < 4.78 is 10.4. The van der Waals surface area contributed by atoms with Crippen LogP contribution in [-0.4, -0.2) is 50.3 Å². The number of nitrogens with two attached hydrogens (primary N) is 1. The molecule has 5 nitrogen and oxygen atoms in total. The third kappa shape index (κ3) is 3.68. The van der Waals surface area contributed by atoms with E-state index in [1.54, 1.807) is 36.3 Å². The fourth-order valence-electron chi connectivity index (χ4n) is 2.09. The first-order valence-corrected chi connectivity index (χ1v) is 6.47. The third-order valence-electron chi connectivity index (χ3n) is 3.17. The largest absolute Gasteiger partial charge is 0.491 e. The number of rotatable bonds is 5. The molecule has 1 saturated heterocycles. The van der Waals surface area contributed by atoms with Crippen LogP contribution in [0.15, 0.2) is 24.3 Å². The fourth-order valence-corrected chi connectivity index (χ4v) is 2.09. The van der Waals surface area contributed by atoms with Crippen molar-refractivity contribution in [2.45, 2.75) is 12.5 Å². The van der Waals surface area contributed by atoms with Gasteiger partial charge < -0.3 is 20.1 Å². The molecule has 5 heteroatoms. The van der Waals surface area contributed by atoms with Gasteiger partial charge in [0.15, 0.2) is 0 Å². The highest BCUT2D eigenvalue weighted by molar-refractivity contribution is 5.94. The molecular weight excluding hydrogens is 244 g/mol. The molecule has 1 fully saturated rings. The minimum absolute atomic E-state index is 0.0383. The molecular formula is C14H20N2O3. The Morgan fingerprint density at radius 1 is 1.37 bits per heavy atom. The number of hydrogen-bond donors (Lipinski definition) is 1. The van der Waals surface area contributed by atoms with Crippen LogP contribution in [0.5, 0.6) is 5.75 Å². The Morgan fingerprint density at radius 2 is 2.11 bits per heavy atom. The predicted octanol–water partition coefficient (Wildman–Crippen LogP) is 0.885. The normalized spacial score (nSPS) is 18.6. The van der Waals surface area contributed by atoms with Crippen molar-refractivity contribution < 1.29 is 14.3 Å². The second-order valence-corrected chi connectivity index (χ2v) is 4.67. The van der Waals surface area contributed by atoms with E-state index < -0.39 is 0 Å². The number of carbonyl (C=O) groups is 1. The predicted molar refractivity (Wildman–Crippen MR) is 72.3 cm³/mol. The Kier molecular flexibility index (Phi) is 4.76. The first-order valence-electron chi connectivity index (χ1n) is 6.47. The van der Waals surface area contributed by atoms with E-state index in [0.717, 1.165) is 18.7 Å². The molecule has 1 unspecified atom stereocenters. The van der Waals surface area contributed by atoms with E-state index in [-0.39, 0.29) is 11.9 Å². The molecule has 0 spiro atoms. The molecule has 1 aliphatic heterocycles. The van der Waals surface area contributed by atoms with Crippen LogP contribution in [0.2, 0.25) is 0 Å². The van der Waals surface area contributed by atoms with Gasteiger partial charge in [-0.1, -0.05) is 0 Å². The summed E-state index contributed by atoms with van der Waals surface area (Å²) in [5.74, 6) is 0.781. The van der Waals surface area contributed by atoms with E-state index >= 15 is 0 Å². The summed E-state index contributed by atoms with van der Waals surface area (Å²) in [5.41, 5.74) is 6.48. The maximum Gasteiger partial charge on any atom is 0.253 e. The zero-order valence-corrected chi connectivity index (χ0v) is 11.2. The van der Waals surface area contributed by atoms with Gasteiger partial charge in [0.25, 0.3) is 5.91 Å². The smallest absolute Gasteiger partial charge is 0.253 e. The summed E-state index contributed by atoms with van der Waals surface area (Å²) in [7, 11) is 1.63. The van der Waals surface area contributed by atoms with Crippen molar-refractivity contribution in [1.29, 1.82) is 0 Å². The van der Waals surface area contributed by atoms with Crippen LogP contribution < -0.4 is 10.5 Å². The van der Waals surface area contributed by atoms with Crippen molar-refractivity contribution >= 4 is 5.91 Å². The molecule has 0 saturated carbocycles. The number of benzene rings is 1. The highest BCUT2D eigenvalue weighted by atomic mass is 16.5. The first-order chi connectivity index (χ1) is 9.20. The van der Waals surface area contributed by atoms with Crippen LogP contribution in [0, 0.1) is 0 Å². The number of likely N-dealkylation sites (tertiary alicyclic amines) is 1. The summed E-state index contributed by atoms with van der Waals surface area (Å²) >= 11 is 0. The highest BCUT2D eigenvalue weighted by Gasteiger charge is 2.24. The lowest BCUT2D eigenvalue weighted by Gasteiger charge is -2.16. The Labute approximate surface area is 113 Å². The van der Waals surface area contributed by atoms with Crippen LogP contribution in [0.3, 0.4) is 0 Å². The van der Waals surface area contributed by atoms with Crippen LogP contribution in [0.25, 0.3) is 0 Å². The lowest BCUT2D eigenvalue weighted by Crippen LogP contribution is -2.31. The second-order valence-electron chi connectivity index (χ2n) is 4.67. The standard InChI is InChI=1S/C14H20N2O3/c1-18-8-9-19-13-4-2-11(3-5-13)14(17)16-7-6-12(15)10-16/h2-5,12H,6-10,15H2,1H3. The van der Waals surface area contributed by atoms with Crippen molar-refractivity contribution in [1.82, 2.24) is 4.90 Å². The van der Waals surface area contributed by atoms with Gasteiger partial charge in [0.1, 0.15) is 12.4 Å². The molecule has 2 N–H and O–H groups in total. The maximum atomic E-state index is 12.2. The SMILES string of the molecule is COCCOc1ccc(C(=O)N2CCC(N)C2)cc1. The quantitative estimate of drug-likeness (QED) is 0.802. The molecule has 104 valence electrons. The van der Waals surface area contributed by atoms with Gasteiger partial charge in [0.2, 0.25) is 0 Å². The molecule has 0 aromatic heterocycles. The highest BCUT2D eigenvalue weighted by Crippen LogP contribution is 2.16. The van der Waals surface area contributed by atoms with Crippen molar-refractivity contribution in [2.75, 3.05) is 33.4 Å². The molecule has 0 aliphatic carbocycles. The number of hydrogen-bond acceptors (Lipinski definition) is 4. The number of carbonyl (C=O) groups excluding carboxylic acids is 1. The molecule has 0 bridgehead atoms. The monoisotopic (exact) mass is 264 g/mol. The van der Waals surface area contributed by atoms with E-state index in [0.29, 0.717) is 25.3 Å². The van der Waals surface area contributed by atoms with Crippen LogP contribution >= 0.6 is 0 Å². The van der Waals surface area contributed by atoms with Gasteiger partial charge in [-0.3, -0.25) is 4.79 Å². The number of amides is 1.